The molecule has 4 aromatic carbocycles. The fourth-order valence-corrected chi connectivity index (χ4v) is 3.91. The highest BCUT2D eigenvalue weighted by molar-refractivity contribution is 7.86. The Kier molecular flexibility index (Phi) is 11.2. The van der Waals surface area contributed by atoms with Crippen LogP contribution in [0.5, 0.6) is 0 Å². The molecule has 0 atom stereocenters. The number of guanidine groups is 2. The Morgan fingerprint density at radius 1 is 0.553 bits per heavy atom. The molecule has 38 heavy (non-hydrogen) atoms. The lowest BCUT2D eigenvalue weighted by atomic mass is 10.0. The molecule has 0 heterocycles. The van der Waals surface area contributed by atoms with Crippen LogP contribution in [0.1, 0.15) is 11.1 Å². The largest absolute Gasteiger partial charge is 0.744 e. The maximum Gasteiger partial charge on any atom is 0.336 e. The van der Waals surface area contributed by atoms with E-state index >= 15 is 0 Å². The Morgan fingerprint density at radius 3 is 1.05 bits per heavy atom. The van der Waals surface area contributed by atoms with Crippen LogP contribution in [0.2, 0.25) is 0 Å². The summed E-state index contributed by atoms with van der Waals surface area (Å²) in [4.78, 5) is -0.670. The van der Waals surface area contributed by atoms with Gasteiger partial charge in [-0.1, -0.05) is 47.5 Å². The quantitative estimate of drug-likeness (QED) is 0.0686. The fraction of sp³-hybridized carbons (Fsp3) is 0.0833. The maximum atomic E-state index is 11.0. The molecule has 0 radical (unpaired) electrons. The Hall–Kier alpha value is -4.24. The molecular weight excluding hydrogens is 532 g/mol. The van der Waals surface area contributed by atoms with Crippen molar-refractivity contribution in [2.45, 2.75) is 23.6 Å². The van der Waals surface area contributed by atoms with Gasteiger partial charge in [0.25, 0.3) is 0 Å². The van der Waals surface area contributed by atoms with E-state index in [1.165, 1.54) is 47.5 Å². The molecular formula is C24H30N6O6S2. The van der Waals surface area contributed by atoms with Crippen LogP contribution in [-0.4, -0.2) is 37.9 Å². The van der Waals surface area contributed by atoms with Gasteiger partial charge in [0.05, 0.1) is 9.79 Å². The molecule has 12 N–H and O–H groups in total. The van der Waals surface area contributed by atoms with Gasteiger partial charge in [0.1, 0.15) is 20.2 Å². The van der Waals surface area contributed by atoms with E-state index in [0.29, 0.717) is 21.5 Å². The molecule has 4 aromatic rings. The molecule has 0 aliphatic rings. The number of hydrogen-bond acceptors (Lipinski definition) is 6. The summed E-state index contributed by atoms with van der Waals surface area (Å²) in [6.07, 6.45) is 0. The fourth-order valence-electron chi connectivity index (χ4n) is 2.90. The van der Waals surface area contributed by atoms with Crippen LogP contribution in [-0.2, 0) is 20.2 Å². The van der Waals surface area contributed by atoms with E-state index in [0.717, 1.165) is 0 Å². The van der Waals surface area contributed by atoms with Crippen LogP contribution in [0.3, 0.4) is 0 Å². The van der Waals surface area contributed by atoms with Gasteiger partial charge in [-0.3, -0.25) is 33.8 Å². The van der Waals surface area contributed by atoms with E-state index in [1.807, 2.05) is 0 Å². The van der Waals surface area contributed by atoms with Gasteiger partial charge in [0, 0.05) is 0 Å². The predicted molar refractivity (Wildman–Crippen MR) is 144 cm³/mol. The van der Waals surface area contributed by atoms with Gasteiger partial charge in [-0.25, -0.2) is 16.8 Å². The molecule has 0 fully saturated rings. The van der Waals surface area contributed by atoms with Crippen LogP contribution < -0.4 is 33.8 Å². The summed E-state index contributed by atoms with van der Waals surface area (Å²) in [5.41, 5.74) is 21.0. The highest BCUT2D eigenvalue weighted by atomic mass is 32.2. The summed E-state index contributed by atoms with van der Waals surface area (Å²) in [5, 5.41) is 11.5. The number of nitrogens with two attached hydrogens (primary N) is 6. The number of rotatable bonds is 2. The summed E-state index contributed by atoms with van der Waals surface area (Å²) in [6, 6.07) is 19.5. The highest BCUT2D eigenvalue weighted by Crippen LogP contribution is 2.27. The topological polar surface area (TPSA) is 270 Å². The van der Waals surface area contributed by atoms with Crippen molar-refractivity contribution in [3.63, 3.8) is 0 Å². The second-order valence-corrected chi connectivity index (χ2v) is 10.7. The van der Waals surface area contributed by atoms with E-state index < -0.39 is 20.2 Å². The minimum absolute atomic E-state index is 0.0833. The molecule has 14 heteroatoms. The number of aryl methyl sites for hydroxylation is 2. The van der Waals surface area contributed by atoms with Crippen molar-refractivity contribution >= 4 is 53.7 Å². The van der Waals surface area contributed by atoms with Crippen LogP contribution in [0, 0.1) is 13.8 Å². The minimum Gasteiger partial charge on any atom is -0.744 e. The molecule has 0 aromatic heterocycles. The second kappa shape index (κ2) is 13.3. The van der Waals surface area contributed by atoms with Crippen LogP contribution in [0.15, 0.2) is 82.6 Å². The minimum atomic E-state index is -4.54. The van der Waals surface area contributed by atoms with Crippen LogP contribution >= 0.6 is 0 Å². The number of benzene rings is 4. The average Bonchev–Trinajstić information content (AvgIpc) is 2.77. The van der Waals surface area contributed by atoms with Crippen LogP contribution in [0.4, 0.5) is 0 Å². The monoisotopic (exact) mass is 562 g/mol. The van der Waals surface area contributed by atoms with E-state index in [2.05, 4.69) is 71.9 Å². The predicted octanol–water partition coefficient (Wildman–Crippen LogP) is -1.86. The first kappa shape index (κ1) is 31.8. The molecule has 0 saturated heterocycles. The van der Waals surface area contributed by atoms with E-state index in [1.54, 1.807) is 12.1 Å². The van der Waals surface area contributed by atoms with Crippen molar-refractivity contribution < 1.29 is 36.8 Å². The van der Waals surface area contributed by atoms with Gasteiger partial charge in [-0.2, -0.15) is 0 Å². The van der Waals surface area contributed by atoms with E-state index in [9.17, 15) is 25.9 Å². The molecule has 204 valence electrons. The molecule has 4 rings (SSSR count). The second-order valence-electron chi connectivity index (χ2n) is 7.93. The Morgan fingerprint density at radius 2 is 0.816 bits per heavy atom. The van der Waals surface area contributed by atoms with Gasteiger partial charge < -0.3 is 9.11 Å². The first-order valence-corrected chi connectivity index (χ1v) is 13.4. The van der Waals surface area contributed by atoms with E-state index in [-0.39, 0.29) is 21.7 Å². The Bertz CT molecular complexity index is 1520. The average molecular weight is 563 g/mol. The molecule has 0 unspecified atom stereocenters. The zero-order valence-electron chi connectivity index (χ0n) is 20.7. The third-order valence-electron chi connectivity index (χ3n) is 4.53. The lowest BCUT2D eigenvalue weighted by molar-refractivity contribution is -0.117. The lowest BCUT2D eigenvalue weighted by Crippen LogP contribution is -2.51. The Labute approximate surface area is 220 Å². The number of fused-ring (bicyclic) bond motifs is 2. The number of hydrogen-bond donors (Lipinski definition) is 6. The van der Waals surface area contributed by atoms with Gasteiger partial charge in [0.15, 0.2) is 0 Å². The van der Waals surface area contributed by atoms with Crippen molar-refractivity contribution in [1.82, 2.24) is 0 Å². The summed E-state index contributed by atoms with van der Waals surface area (Å²) in [6.45, 7) is 4.19. The van der Waals surface area contributed by atoms with E-state index in [4.69, 9.17) is 0 Å². The van der Waals surface area contributed by atoms with Gasteiger partial charge in [-0.05, 0) is 71.8 Å². The normalized spacial score (nSPS) is 10.6. The van der Waals surface area contributed by atoms with Crippen molar-refractivity contribution in [2.75, 3.05) is 0 Å². The van der Waals surface area contributed by atoms with Crippen LogP contribution in [0.25, 0.3) is 21.5 Å². The molecule has 0 amide bonds. The molecule has 12 nitrogen and oxygen atoms in total. The SMILES string of the molecule is Cc1ccc(C)cc1.NC(N)=[NH2+].NC(N)=[NH2+].O=S(=O)([O-])c1ccc2cc3cc(S(=O)(=O)[O-])ccc3cc2c1. The van der Waals surface area contributed by atoms with Crippen molar-refractivity contribution in [3.8, 4) is 0 Å². The first-order valence-electron chi connectivity index (χ1n) is 10.6. The third kappa shape index (κ3) is 11.2. The molecule has 0 aliphatic heterocycles. The first-order chi connectivity index (χ1) is 17.4. The summed E-state index contributed by atoms with van der Waals surface area (Å²) in [7, 11) is -9.09. The molecule has 0 bridgehead atoms. The van der Waals surface area contributed by atoms with Gasteiger partial charge in [0.2, 0.25) is 0 Å². The molecule has 0 saturated carbocycles. The van der Waals surface area contributed by atoms with Gasteiger partial charge in [-0.15, -0.1) is 0 Å². The maximum absolute atomic E-state index is 11.0. The summed E-state index contributed by atoms with van der Waals surface area (Å²) in [5.74, 6) is -0.167. The Balaban J connectivity index is 0.000000369. The van der Waals surface area contributed by atoms with Crippen molar-refractivity contribution in [2.24, 2.45) is 22.9 Å². The van der Waals surface area contributed by atoms with Gasteiger partial charge >= 0.3 is 11.9 Å². The smallest absolute Gasteiger partial charge is 0.336 e. The lowest BCUT2D eigenvalue weighted by Gasteiger charge is -2.11. The summed E-state index contributed by atoms with van der Waals surface area (Å²) >= 11 is 0. The molecule has 0 aliphatic carbocycles. The zero-order valence-corrected chi connectivity index (χ0v) is 22.3. The summed E-state index contributed by atoms with van der Waals surface area (Å²) < 4.78 is 66.2. The van der Waals surface area contributed by atoms with Crippen molar-refractivity contribution in [1.29, 1.82) is 0 Å². The molecule has 0 spiro atoms. The third-order valence-corrected chi connectivity index (χ3v) is 6.20. The standard InChI is InChI=1S/C14H10O6S2.C8H10.2CH5N3/c15-21(16,17)13-3-1-9-5-12-8-14(22(18,19)20)4-2-10(12)6-11(9)7-13;1-7-3-5-8(2)6-4-7;2*2-1(3)4/h1-8H,(H,15,16,17)(H,18,19,20);3-6H,1-2H3;2*(H5,2,3,4). The zero-order chi connectivity index (χ0) is 29.3. The highest BCUT2D eigenvalue weighted by Gasteiger charge is 2.06. The van der Waals surface area contributed by atoms with Crippen molar-refractivity contribution in [3.05, 3.63) is 83.9 Å².